The zero-order valence-corrected chi connectivity index (χ0v) is 26.4. The number of nitrogens with one attached hydrogen (secondary N) is 1. The molecule has 2 saturated carbocycles. The van der Waals surface area contributed by atoms with Crippen molar-refractivity contribution in [2.24, 2.45) is 0 Å². The second-order valence-corrected chi connectivity index (χ2v) is 12.5. The Morgan fingerprint density at radius 2 is 1.51 bits per heavy atom. The summed E-state index contributed by atoms with van der Waals surface area (Å²) in [7, 11) is 5.90. The highest BCUT2D eigenvalue weighted by Gasteiger charge is 2.56. The first-order valence-corrected chi connectivity index (χ1v) is 15.7. The first-order chi connectivity index (χ1) is 20.7. The van der Waals surface area contributed by atoms with Crippen LogP contribution in [0.3, 0.4) is 0 Å². The molecule has 0 bridgehead atoms. The summed E-state index contributed by atoms with van der Waals surface area (Å²) in [6, 6.07) is 10.5. The van der Waals surface area contributed by atoms with Gasteiger partial charge >= 0.3 is 6.03 Å². The van der Waals surface area contributed by atoms with E-state index in [-0.39, 0.29) is 24.0 Å². The van der Waals surface area contributed by atoms with E-state index in [1.165, 1.54) is 5.56 Å². The molecule has 1 aromatic rings. The van der Waals surface area contributed by atoms with Gasteiger partial charge in [-0.15, -0.1) is 0 Å². The van der Waals surface area contributed by atoms with Crippen LogP contribution in [-0.2, 0) is 29.3 Å². The number of ether oxygens (including phenoxy) is 4. The van der Waals surface area contributed by atoms with Crippen molar-refractivity contribution in [1.82, 2.24) is 20.0 Å². The molecule has 0 unspecified atom stereocenters. The number of hydrogen-bond donors (Lipinski definition) is 2. The lowest BCUT2D eigenvalue weighted by atomic mass is 9.67. The zero-order chi connectivity index (χ0) is 30.8. The molecule has 2 N–H and O–H groups in total. The van der Waals surface area contributed by atoms with Gasteiger partial charge in [-0.05, 0) is 64.6 Å². The zero-order valence-electron chi connectivity index (χ0n) is 26.4. The molecule has 1 aromatic carbocycles. The Labute approximate surface area is 256 Å². The summed E-state index contributed by atoms with van der Waals surface area (Å²) in [5, 5.41) is 14.0. The van der Waals surface area contributed by atoms with E-state index in [2.05, 4.69) is 48.6 Å². The normalized spacial score (nSPS) is 25.0. The van der Waals surface area contributed by atoms with E-state index in [4.69, 9.17) is 18.9 Å². The summed E-state index contributed by atoms with van der Waals surface area (Å²) in [6.45, 7) is 4.54. The van der Waals surface area contributed by atoms with E-state index in [1.807, 2.05) is 11.0 Å². The highest BCUT2D eigenvalue weighted by atomic mass is 16.6. The number of β-amino-alcohol motifs (C(OH)–C–C–N with tert-alkyl or cyclic N) is 1. The first kappa shape index (κ1) is 33.6. The summed E-state index contributed by atoms with van der Waals surface area (Å²) in [6.07, 6.45) is 5.83. The standard InChI is InChI=1S/C32H52N4O7/c1-34(2)32(27-8-5-4-6-9-27)14-12-30(13-15-32)25-35(29(38)36(30)26-31(39)10-7-11-31)24-28(37)33-16-17-41-20-21-43-23-22-42-19-18-40-3/h4-6,8-9,39H,7,10-26H2,1-3H3,(H,33,37)/t30-,32+. The number of carbonyl (C=O) groups excluding carboxylic acids is 2. The fraction of sp³-hybridized carbons (Fsp3) is 0.750. The first-order valence-electron chi connectivity index (χ1n) is 15.7. The van der Waals surface area contributed by atoms with Crippen LogP contribution in [0.15, 0.2) is 30.3 Å². The van der Waals surface area contributed by atoms with Gasteiger partial charge < -0.3 is 39.2 Å². The van der Waals surface area contributed by atoms with Crippen molar-refractivity contribution in [3.8, 4) is 0 Å². The van der Waals surface area contributed by atoms with Crippen molar-refractivity contribution < 1.29 is 33.6 Å². The van der Waals surface area contributed by atoms with Crippen LogP contribution in [0.25, 0.3) is 0 Å². The highest BCUT2D eigenvalue weighted by molar-refractivity contribution is 5.86. The molecule has 4 rings (SSSR count). The van der Waals surface area contributed by atoms with Crippen molar-refractivity contribution in [2.75, 3.05) is 93.6 Å². The van der Waals surface area contributed by atoms with Gasteiger partial charge in [0.15, 0.2) is 0 Å². The minimum absolute atomic E-state index is 0.000791. The number of aliphatic hydroxyl groups is 1. The van der Waals surface area contributed by atoms with Crippen molar-refractivity contribution in [2.45, 2.75) is 61.6 Å². The molecule has 1 saturated heterocycles. The van der Waals surface area contributed by atoms with Crippen molar-refractivity contribution in [3.05, 3.63) is 35.9 Å². The largest absolute Gasteiger partial charge is 0.388 e. The lowest BCUT2D eigenvalue weighted by Gasteiger charge is -2.52. The molecule has 0 aromatic heterocycles. The molecule has 0 atom stereocenters. The number of rotatable bonds is 18. The van der Waals surface area contributed by atoms with Gasteiger partial charge in [-0.3, -0.25) is 9.69 Å². The fourth-order valence-corrected chi connectivity index (χ4v) is 6.75. The lowest BCUT2D eigenvalue weighted by Crippen LogP contribution is -2.59. The van der Waals surface area contributed by atoms with Gasteiger partial charge in [0.05, 0.1) is 63.9 Å². The topological polar surface area (TPSA) is 113 Å². The number of carbonyl (C=O) groups is 2. The third kappa shape index (κ3) is 8.46. The number of benzene rings is 1. The maximum atomic E-state index is 13.8. The molecule has 11 nitrogen and oxygen atoms in total. The van der Waals surface area contributed by atoms with Crippen LogP contribution in [0.5, 0.6) is 0 Å². The highest BCUT2D eigenvalue weighted by Crippen LogP contribution is 2.50. The molecular formula is C32H52N4O7. The van der Waals surface area contributed by atoms with Gasteiger partial charge in [-0.1, -0.05) is 30.3 Å². The molecule has 1 aliphatic heterocycles. The molecule has 3 amide bonds. The molecule has 1 heterocycles. The molecule has 3 fully saturated rings. The number of methoxy groups -OCH3 is 1. The maximum Gasteiger partial charge on any atom is 0.321 e. The van der Waals surface area contributed by atoms with Crippen LogP contribution in [-0.4, -0.2) is 137 Å². The van der Waals surface area contributed by atoms with Crippen molar-refractivity contribution in [3.63, 3.8) is 0 Å². The molecule has 3 aliphatic rings. The van der Waals surface area contributed by atoms with E-state index < -0.39 is 11.1 Å². The summed E-state index contributed by atoms with van der Waals surface area (Å²) >= 11 is 0. The van der Waals surface area contributed by atoms with Crippen LogP contribution in [0.1, 0.15) is 50.5 Å². The van der Waals surface area contributed by atoms with Crippen molar-refractivity contribution >= 4 is 11.9 Å². The maximum absolute atomic E-state index is 13.8. The second-order valence-electron chi connectivity index (χ2n) is 12.5. The SMILES string of the molecule is COCCOCCOCCOCCNC(=O)CN1C[C@]2(CC[C@](c3ccccc3)(N(C)C)CC2)N(CC2(O)CCC2)C1=O. The van der Waals surface area contributed by atoms with E-state index in [9.17, 15) is 14.7 Å². The van der Waals surface area contributed by atoms with Crippen LogP contribution in [0.2, 0.25) is 0 Å². The van der Waals surface area contributed by atoms with E-state index >= 15 is 0 Å². The molecule has 1 spiro atoms. The van der Waals surface area contributed by atoms with Crippen LogP contribution < -0.4 is 5.32 Å². The monoisotopic (exact) mass is 604 g/mol. The van der Waals surface area contributed by atoms with Crippen LogP contribution in [0.4, 0.5) is 4.79 Å². The molecular weight excluding hydrogens is 552 g/mol. The average molecular weight is 605 g/mol. The predicted octanol–water partition coefficient (Wildman–Crippen LogP) is 2.22. The summed E-state index contributed by atoms with van der Waals surface area (Å²) in [5.74, 6) is -0.205. The number of amides is 3. The Hall–Kier alpha value is -2.28. The Morgan fingerprint density at radius 1 is 0.907 bits per heavy atom. The molecule has 43 heavy (non-hydrogen) atoms. The van der Waals surface area contributed by atoms with Gasteiger partial charge in [-0.25, -0.2) is 4.79 Å². The van der Waals surface area contributed by atoms with Gasteiger partial charge in [-0.2, -0.15) is 0 Å². The number of nitrogens with zero attached hydrogens (tertiary/aromatic N) is 3. The Balaban J connectivity index is 1.26. The van der Waals surface area contributed by atoms with Crippen LogP contribution in [0, 0.1) is 0 Å². The Bertz CT molecular complexity index is 1010. The van der Waals surface area contributed by atoms with Gasteiger partial charge in [0, 0.05) is 25.7 Å². The molecule has 2 aliphatic carbocycles. The molecule has 242 valence electrons. The summed E-state index contributed by atoms with van der Waals surface area (Å²) in [4.78, 5) is 32.5. The number of urea groups is 1. The van der Waals surface area contributed by atoms with E-state index in [1.54, 1.807) is 12.0 Å². The lowest BCUT2D eigenvalue weighted by molar-refractivity contribution is -0.121. The Kier molecular flexibility index (Phi) is 12.2. The van der Waals surface area contributed by atoms with E-state index in [0.717, 1.165) is 32.1 Å². The average Bonchev–Trinajstić information content (AvgIpc) is 3.22. The fourth-order valence-electron chi connectivity index (χ4n) is 6.75. The smallest absolute Gasteiger partial charge is 0.321 e. The van der Waals surface area contributed by atoms with Gasteiger partial charge in [0.25, 0.3) is 0 Å². The predicted molar refractivity (Wildman–Crippen MR) is 163 cm³/mol. The van der Waals surface area contributed by atoms with Crippen LogP contribution >= 0.6 is 0 Å². The van der Waals surface area contributed by atoms with Crippen molar-refractivity contribution in [1.29, 1.82) is 0 Å². The minimum atomic E-state index is -0.825. The summed E-state index contributed by atoms with van der Waals surface area (Å²) < 4.78 is 21.3. The van der Waals surface area contributed by atoms with Gasteiger partial charge in [0.1, 0.15) is 6.54 Å². The summed E-state index contributed by atoms with van der Waals surface area (Å²) in [5.41, 5.74) is -0.0357. The van der Waals surface area contributed by atoms with E-state index in [0.29, 0.717) is 78.7 Å². The third-order valence-corrected chi connectivity index (χ3v) is 9.55. The Morgan fingerprint density at radius 3 is 2.07 bits per heavy atom. The molecule has 11 heteroatoms. The van der Waals surface area contributed by atoms with Gasteiger partial charge in [0.2, 0.25) is 5.91 Å². The molecule has 0 radical (unpaired) electrons. The minimum Gasteiger partial charge on any atom is -0.388 e. The second kappa shape index (κ2) is 15.6. The number of hydrogen-bond acceptors (Lipinski definition) is 8. The quantitative estimate of drug-likeness (QED) is 0.246. The third-order valence-electron chi connectivity index (χ3n) is 9.55.